The van der Waals surface area contributed by atoms with Gasteiger partial charge in [0.1, 0.15) is 0 Å². The summed E-state index contributed by atoms with van der Waals surface area (Å²) in [5, 5.41) is 0. The molecule has 0 radical (unpaired) electrons. The Morgan fingerprint density at radius 3 is 1.59 bits per heavy atom. The predicted molar refractivity (Wildman–Crippen MR) is 117 cm³/mol. The molecule has 2 N–H and O–H groups in total. The molecule has 3 aromatic heterocycles. The summed E-state index contributed by atoms with van der Waals surface area (Å²) in [6.45, 7) is 4.00. The van der Waals surface area contributed by atoms with Gasteiger partial charge in [0.05, 0.1) is 22.8 Å². The van der Waals surface area contributed by atoms with Crippen molar-refractivity contribution in [2.45, 2.75) is 13.8 Å². The zero-order chi connectivity index (χ0) is 20.2. The Bertz CT molecular complexity index is 1140. The summed E-state index contributed by atoms with van der Waals surface area (Å²) in [6.07, 6.45) is 3.52. The number of aryl methyl sites for hydroxylation is 2. The Morgan fingerprint density at radius 1 is 0.655 bits per heavy atom. The first-order valence-electron chi connectivity index (χ1n) is 9.34. The molecule has 0 saturated heterocycles. The lowest BCUT2D eigenvalue weighted by Gasteiger charge is -2.06. The van der Waals surface area contributed by atoms with E-state index in [1.54, 1.807) is 12.4 Å². The third-order valence-corrected chi connectivity index (χ3v) is 4.62. The van der Waals surface area contributed by atoms with E-state index in [1.807, 2.05) is 74.5 Å². The number of hydrogen-bond acceptors (Lipinski definition) is 4. The van der Waals surface area contributed by atoms with E-state index in [0.717, 1.165) is 50.7 Å². The molecule has 4 aromatic rings. The van der Waals surface area contributed by atoms with Crippen molar-refractivity contribution in [1.82, 2.24) is 15.0 Å². The van der Waals surface area contributed by atoms with Gasteiger partial charge in [-0.3, -0.25) is 9.97 Å². The molecule has 0 aliphatic carbocycles. The lowest BCUT2D eigenvalue weighted by molar-refractivity contribution is 1.21. The van der Waals surface area contributed by atoms with Crippen molar-refractivity contribution < 1.29 is 0 Å². The lowest BCUT2D eigenvalue weighted by Crippen LogP contribution is -1.95. The number of anilines is 1. The topological polar surface area (TPSA) is 64.7 Å². The average molecular weight is 376 g/mol. The molecule has 1 aromatic carbocycles. The highest BCUT2D eigenvalue weighted by Gasteiger charge is 2.08. The minimum Gasteiger partial charge on any atom is -0.398 e. The molecule has 4 nitrogen and oxygen atoms in total. The number of rotatable bonds is 2. The van der Waals surface area contributed by atoms with Crippen molar-refractivity contribution in [3.8, 4) is 34.6 Å². The largest absolute Gasteiger partial charge is 0.398 e. The third kappa shape index (κ3) is 4.15. The molecule has 0 fully saturated rings. The number of nitrogens with two attached hydrogens (primary N) is 1. The summed E-state index contributed by atoms with van der Waals surface area (Å²) >= 11 is 0. The normalized spacial score (nSPS) is 10.3. The maximum Gasteiger partial charge on any atom is 0.0906 e. The number of nitrogen functional groups attached to an aromatic ring is 1. The van der Waals surface area contributed by atoms with Crippen LogP contribution in [-0.2, 0) is 0 Å². The van der Waals surface area contributed by atoms with E-state index in [4.69, 9.17) is 10.7 Å². The van der Waals surface area contributed by atoms with Gasteiger partial charge in [0.2, 0.25) is 0 Å². The van der Waals surface area contributed by atoms with E-state index in [-0.39, 0.29) is 0 Å². The molecular weight excluding hydrogens is 356 g/mol. The molecule has 0 atom stereocenters. The molecule has 3 heterocycles. The van der Waals surface area contributed by atoms with Crippen LogP contribution in [-0.4, -0.2) is 15.0 Å². The highest BCUT2D eigenvalue weighted by molar-refractivity contribution is 5.66. The zero-order valence-corrected chi connectivity index (χ0v) is 16.3. The fourth-order valence-electron chi connectivity index (χ4n) is 3.08. The summed E-state index contributed by atoms with van der Waals surface area (Å²) in [5.41, 5.74) is 13.9. The van der Waals surface area contributed by atoms with Crippen LogP contribution in [0.4, 0.5) is 5.69 Å². The first-order valence-corrected chi connectivity index (χ1v) is 9.34. The van der Waals surface area contributed by atoms with E-state index in [1.165, 1.54) is 0 Å². The summed E-state index contributed by atoms with van der Waals surface area (Å²) in [6, 6.07) is 19.5. The van der Waals surface area contributed by atoms with Crippen molar-refractivity contribution in [2.24, 2.45) is 0 Å². The molecule has 29 heavy (non-hydrogen) atoms. The van der Waals surface area contributed by atoms with Crippen molar-refractivity contribution in [2.75, 3.05) is 5.73 Å². The van der Waals surface area contributed by atoms with Gasteiger partial charge < -0.3 is 5.73 Å². The number of hydrogen-bond donors (Lipinski definition) is 1. The molecule has 4 rings (SSSR count). The van der Waals surface area contributed by atoms with Gasteiger partial charge in [-0.2, -0.15) is 0 Å². The van der Waals surface area contributed by atoms with Crippen molar-refractivity contribution in [3.63, 3.8) is 0 Å². The van der Waals surface area contributed by atoms with Crippen molar-refractivity contribution >= 4 is 5.69 Å². The lowest BCUT2D eigenvalue weighted by atomic mass is 10.0. The van der Waals surface area contributed by atoms with E-state index in [2.05, 4.69) is 21.8 Å². The van der Waals surface area contributed by atoms with Crippen LogP contribution in [0, 0.1) is 25.7 Å². The second-order valence-electron chi connectivity index (χ2n) is 6.83. The molecular formula is C25H20N4. The first-order chi connectivity index (χ1) is 14.1. The van der Waals surface area contributed by atoms with Crippen LogP contribution >= 0.6 is 0 Å². The third-order valence-electron chi connectivity index (χ3n) is 4.62. The maximum atomic E-state index is 6.06. The zero-order valence-electron chi connectivity index (χ0n) is 16.3. The second-order valence-corrected chi connectivity index (χ2v) is 6.83. The van der Waals surface area contributed by atoms with Gasteiger partial charge in [-0.15, -0.1) is 0 Å². The van der Waals surface area contributed by atoms with Gasteiger partial charge in [0, 0.05) is 29.2 Å². The first kappa shape index (κ1) is 18.4. The molecule has 0 saturated carbocycles. The van der Waals surface area contributed by atoms with Crippen LogP contribution in [0.2, 0.25) is 0 Å². The van der Waals surface area contributed by atoms with E-state index in [0.29, 0.717) is 0 Å². The fraction of sp³-hybridized carbons (Fsp3) is 0.0800. The van der Waals surface area contributed by atoms with Gasteiger partial charge in [-0.1, -0.05) is 24.0 Å². The molecule has 0 aliphatic rings. The van der Waals surface area contributed by atoms with E-state index < -0.39 is 0 Å². The van der Waals surface area contributed by atoms with Crippen LogP contribution in [0.1, 0.15) is 22.3 Å². The molecule has 140 valence electrons. The fourth-order valence-corrected chi connectivity index (χ4v) is 3.08. The van der Waals surface area contributed by atoms with Gasteiger partial charge in [-0.25, -0.2) is 4.98 Å². The quantitative estimate of drug-likeness (QED) is 0.403. The van der Waals surface area contributed by atoms with Crippen LogP contribution in [0.25, 0.3) is 22.8 Å². The van der Waals surface area contributed by atoms with Crippen molar-refractivity contribution in [3.05, 3.63) is 95.3 Å². The Morgan fingerprint density at radius 2 is 1.14 bits per heavy atom. The monoisotopic (exact) mass is 376 g/mol. The predicted octanol–water partition coefficient (Wildman–Crippen LogP) is 4.80. The molecule has 0 amide bonds. The SMILES string of the molecule is Cc1cc(C#Cc2cc(-c3ccccn3)nc(-c3ccccn3)c2)cc(C)c1N. The maximum absolute atomic E-state index is 6.06. The highest BCUT2D eigenvalue weighted by atomic mass is 14.8. The Hall–Kier alpha value is -3.97. The summed E-state index contributed by atoms with van der Waals surface area (Å²) in [5.74, 6) is 6.52. The van der Waals surface area contributed by atoms with Gasteiger partial charge in [0.15, 0.2) is 0 Å². The number of benzene rings is 1. The van der Waals surface area contributed by atoms with Gasteiger partial charge in [-0.05, 0) is 73.5 Å². The molecule has 0 unspecified atom stereocenters. The van der Waals surface area contributed by atoms with Crippen LogP contribution in [0.15, 0.2) is 73.1 Å². The summed E-state index contributed by atoms with van der Waals surface area (Å²) < 4.78 is 0. The van der Waals surface area contributed by atoms with Crippen LogP contribution in [0.3, 0.4) is 0 Å². The highest BCUT2D eigenvalue weighted by Crippen LogP contribution is 2.22. The minimum atomic E-state index is 0.766. The van der Waals surface area contributed by atoms with Gasteiger partial charge >= 0.3 is 0 Å². The van der Waals surface area contributed by atoms with Crippen LogP contribution < -0.4 is 5.73 Å². The van der Waals surface area contributed by atoms with E-state index >= 15 is 0 Å². The van der Waals surface area contributed by atoms with Crippen molar-refractivity contribution in [1.29, 1.82) is 0 Å². The minimum absolute atomic E-state index is 0.766. The van der Waals surface area contributed by atoms with Gasteiger partial charge in [0.25, 0.3) is 0 Å². The Kier molecular flexibility index (Phi) is 5.05. The average Bonchev–Trinajstić information content (AvgIpc) is 2.77. The number of aromatic nitrogens is 3. The molecule has 0 aliphatic heterocycles. The number of nitrogens with zero attached hydrogens (tertiary/aromatic N) is 3. The summed E-state index contributed by atoms with van der Waals surface area (Å²) in [4.78, 5) is 13.6. The molecule has 4 heteroatoms. The summed E-state index contributed by atoms with van der Waals surface area (Å²) in [7, 11) is 0. The Balaban J connectivity index is 1.82. The Labute approximate surface area is 170 Å². The number of pyridine rings is 3. The smallest absolute Gasteiger partial charge is 0.0906 e. The standard InChI is InChI=1S/C25H20N4/c1-17-13-19(14-18(2)25(17)26)9-10-20-15-23(21-7-3-5-11-27-21)29-24(16-20)22-8-4-6-12-28-22/h3-8,11-16H,26H2,1-2H3. The van der Waals surface area contributed by atoms with Crippen LogP contribution in [0.5, 0.6) is 0 Å². The van der Waals surface area contributed by atoms with E-state index in [9.17, 15) is 0 Å². The molecule has 0 spiro atoms. The molecule has 0 bridgehead atoms. The second kappa shape index (κ2) is 7.95.